The third-order valence-electron chi connectivity index (χ3n) is 12.2. The van der Waals surface area contributed by atoms with E-state index in [1.54, 1.807) is 18.2 Å². The maximum atomic E-state index is 9.24. The fourth-order valence-corrected chi connectivity index (χ4v) is 9.24. The van der Waals surface area contributed by atoms with E-state index in [0.29, 0.717) is 17.1 Å². The normalized spacial score (nSPS) is 18.1. The minimum Gasteiger partial charge on any atom is -0.311 e. The van der Waals surface area contributed by atoms with Gasteiger partial charge in [-0.05, 0) is 122 Å². The monoisotopic (exact) mass is 767 g/mol. The minimum atomic E-state index is -2.63. The Labute approximate surface area is 364 Å². The molecule has 0 unspecified atom stereocenters. The molecule has 3 aliphatic heterocycles. The number of rotatable bonds is 4. The van der Waals surface area contributed by atoms with Crippen LogP contribution in [0, 0.1) is 6.85 Å². The van der Waals surface area contributed by atoms with Crippen LogP contribution in [-0.2, 0) is 16.2 Å². The van der Waals surface area contributed by atoms with Crippen molar-refractivity contribution < 1.29 is 17.8 Å². The molecule has 0 aliphatic carbocycles. The number of aryl methyl sites for hydroxylation is 1. The van der Waals surface area contributed by atoms with Gasteiger partial charge in [0.15, 0.2) is 0 Å². The Kier molecular flexibility index (Phi) is 5.43. The van der Waals surface area contributed by atoms with Crippen molar-refractivity contribution in [1.29, 1.82) is 0 Å². The summed E-state index contributed by atoms with van der Waals surface area (Å²) in [6.07, 6.45) is 0. The van der Waals surface area contributed by atoms with Crippen LogP contribution < -0.4 is 31.1 Å². The molecule has 10 rings (SSSR count). The molecule has 286 valence electrons. The summed E-state index contributed by atoms with van der Waals surface area (Å²) in [7, 11) is 0. The molecule has 0 spiro atoms. The molecule has 0 atom stereocenters. The lowest BCUT2D eigenvalue weighted by atomic mass is 9.33. The Balaban J connectivity index is 1.39. The van der Waals surface area contributed by atoms with E-state index in [2.05, 4.69) is 88.0 Å². The van der Waals surface area contributed by atoms with Crippen molar-refractivity contribution >= 4 is 74.3 Å². The summed E-state index contributed by atoms with van der Waals surface area (Å²) in [5.74, 6) is 0. The van der Waals surface area contributed by atoms with E-state index in [1.165, 1.54) is 0 Å². The first-order chi connectivity index (χ1) is 33.1. The molecule has 0 saturated carbocycles. The second-order valence-corrected chi connectivity index (χ2v) is 18.2. The molecule has 0 radical (unpaired) electrons. The van der Waals surface area contributed by atoms with Gasteiger partial charge in [0.2, 0.25) is 0 Å². The van der Waals surface area contributed by atoms with Crippen molar-refractivity contribution in [2.75, 3.05) is 14.7 Å². The first-order valence-corrected chi connectivity index (χ1v) is 19.8. The summed E-state index contributed by atoms with van der Waals surface area (Å²) in [5, 5.41) is 0. The molecule has 0 aromatic heterocycles. The molecule has 7 aromatic rings. The van der Waals surface area contributed by atoms with Crippen LogP contribution in [0.4, 0.5) is 51.2 Å². The predicted molar refractivity (Wildman–Crippen MR) is 249 cm³/mol. The Hall–Kier alpha value is -6.00. The quantitative estimate of drug-likeness (QED) is 0.165. The van der Waals surface area contributed by atoms with Gasteiger partial charge >= 0.3 is 0 Å². The molecule has 3 heterocycles. The second-order valence-electron chi connectivity index (χ2n) is 18.2. The number of benzene rings is 7. The van der Waals surface area contributed by atoms with Crippen LogP contribution in [0.3, 0.4) is 0 Å². The number of fused-ring (bicyclic) bond motifs is 6. The summed E-state index contributed by atoms with van der Waals surface area (Å²) >= 11 is 0. The van der Waals surface area contributed by atoms with E-state index < -0.39 is 102 Å². The lowest BCUT2D eigenvalue weighted by molar-refractivity contribution is 0.589. The van der Waals surface area contributed by atoms with E-state index >= 15 is 0 Å². The van der Waals surface area contributed by atoms with Crippen LogP contribution in [0.15, 0.2) is 151 Å². The van der Waals surface area contributed by atoms with Crippen LogP contribution in [0.25, 0.3) is 0 Å². The highest BCUT2D eigenvalue weighted by Crippen LogP contribution is 2.55. The first-order valence-electron chi connectivity index (χ1n) is 26.3. The van der Waals surface area contributed by atoms with Crippen molar-refractivity contribution in [3.63, 3.8) is 0 Å². The molecule has 0 saturated heterocycles. The van der Waals surface area contributed by atoms with Gasteiger partial charge < -0.3 is 14.7 Å². The van der Waals surface area contributed by atoms with E-state index in [9.17, 15) is 5.48 Å². The third kappa shape index (κ3) is 5.41. The summed E-state index contributed by atoms with van der Waals surface area (Å²) in [4.78, 5) is 5.47. The Morgan fingerprint density at radius 1 is 0.552 bits per heavy atom. The number of para-hydroxylation sites is 4. The van der Waals surface area contributed by atoms with Crippen molar-refractivity contribution in [2.45, 2.75) is 78.5 Å². The van der Waals surface area contributed by atoms with Gasteiger partial charge in [-0.2, -0.15) is 0 Å². The van der Waals surface area contributed by atoms with Gasteiger partial charge in [0.25, 0.3) is 6.71 Å². The van der Waals surface area contributed by atoms with Crippen molar-refractivity contribution in [2.24, 2.45) is 0 Å². The maximum Gasteiger partial charge on any atom is 0.252 e. The molecule has 0 N–H and O–H groups in total. The summed E-state index contributed by atoms with van der Waals surface area (Å²) < 4.78 is 116. The lowest BCUT2D eigenvalue weighted by Crippen LogP contribution is -2.62. The largest absolute Gasteiger partial charge is 0.311 e. The summed E-state index contributed by atoms with van der Waals surface area (Å²) in [6, 6.07) is 23.3. The molecule has 58 heavy (non-hydrogen) atoms. The number of anilines is 9. The Morgan fingerprint density at radius 2 is 1.19 bits per heavy atom. The Morgan fingerprint density at radius 3 is 1.84 bits per heavy atom. The fraction of sp³-hybridized carbons (Fsp3) is 0.222. The van der Waals surface area contributed by atoms with Crippen LogP contribution in [0.5, 0.6) is 0 Å². The number of nitrogens with zero attached hydrogens (tertiary/aromatic N) is 3. The predicted octanol–water partition coefficient (Wildman–Crippen LogP) is 12.8. The van der Waals surface area contributed by atoms with Crippen LogP contribution in [-0.4, -0.2) is 6.71 Å². The highest BCUT2D eigenvalue weighted by Gasteiger charge is 2.48. The minimum absolute atomic E-state index is 0.0892. The highest BCUT2D eigenvalue weighted by atomic mass is 15.2. The van der Waals surface area contributed by atoms with Gasteiger partial charge in [0.05, 0.1) is 19.4 Å². The van der Waals surface area contributed by atoms with Gasteiger partial charge in [-0.3, -0.25) is 0 Å². The van der Waals surface area contributed by atoms with Crippen molar-refractivity contribution in [1.82, 2.24) is 0 Å². The van der Waals surface area contributed by atoms with Gasteiger partial charge in [-0.1, -0.05) is 146 Å². The smallest absolute Gasteiger partial charge is 0.252 e. The van der Waals surface area contributed by atoms with Gasteiger partial charge in [0.1, 0.15) is 0 Å². The fourth-order valence-electron chi connectivity index (χ4n) is 9.24. The van der Waals surface area contributed by atoms with Crippen LogP contribution >= 0.6 is 0 Å². The molecule has 3 aliphatic rings. The number of hydrogen-bond acceptors (Lipinski definition) is 3. The molecule has 4 heteroatoms. The standard InChI is InChI=1S/C54H52BN3/c1-35-31-36(52(2,3)4)27-30-45(35)57-47-34-40(56(38-19-12-10-13-20-38)39-21-14-11-15-22-39)28-29-43(47)55-44-25-18-24-42-51(44)58(46-26-17-16-23-41(46)54(42,8)9)49-33-37(53(5,6)7)32-48(57)50(49)55/h10-34H,1-9H3/i1D3,10D,11D,12D,13D,14D,15D,19D,20D,21D,22D. The zero-order valence-corrected chi connectivity index (χ0v) is 34.1. The molecular formula is C54H52BN3. The van der Waals surface area contributed by atoms with Gasteiger partial charge in [0, 0.05) is 55.0 Å². The SMILES string of the molecule is [2H]c1c([2H])c([2H])c(N(c2ccc3c(c2)N(c2ccc(C(C)(C)C)cc2C([2H])([2H])[2H])c2cc(C(C)(C)C)cc4c2B3c2cccc3c2N4c2ccccc2C3(C)C)c2c([2H])c([2H])c([2H])c([2H])c2[2H])c([2H])c1[2H]. The zero-order chi connectivity index (χ0) is 51.5. The average Bonchev–Trinajstić information content (AvgIpc) is 3.31. The third-order valence-corrected chi connectivity index (χ3v) is 12.2. The van der Waals surface area contributed by atoms with Crippen molar-refractivity contribution in [3.05, 3.63) is 179 Å². The molecular weight excluding hydrogens is 701 g/mol. The van der Waals surface area contributed by atoms with Crippen molar-refractivity contribution in [3.8, 4) is 0 Å². The zero-order valence-electron chi connectivity index (χ0n) is 47.1. The topological polar surface area (TPSA) is 9.72 Å². The van der Waals surface area contributed by atoms with E-state index in [1.807, 2.05) is 49.9 Å². The van der Waals surface area contributed by atoms with E-state index in [0.717, 1.165) is 60.6 Å². The van der Waals surface area contributed by atoms with Crippen LogP contribution in [0.1, 0.15) is 101 Å². The molecule has 0 amide bonds. The molecule has 3 nitrogen and oxygen atoms in total. The molecule has 7 aromatic carbocycles. The molecule has 0 fully saturated rings. The number of hydrogen-bond donors (Lipinski definition) is 0. The highest BCUT2D eigenvalue weighted by molar-refractivity contribution is 7.00. The Bertz CT molecular complexity index is 3330. The summed E-state index contributed by atoms with van der Waals surface area (Å²) in [5.41, 5.74) is 9.36. The van der Waals surface area contributed by atoms with E-state index in [4.69, 9.17) is 12.3 Å². The van der Waals surface area contributed by atoms with Crippen LogP contribution in [0.2, 0.25) is 0 Å². The van der Waals surface area contributed by atoms with Gasteiger partial charge in [-0.15, -0.1) is 0 Å². The lowest BCUT2D eigenvalue weighted by Gasteiger charge is -2.50. The second kappa shape index (κ2) is 12.8. The van der Waals surface area contributed by atoms with Gasteiger partial charge in [-0.25, -0.2) is 0 Å². The molecule has 0 bridgehead atoms. The first kappa shape index (κ1) is 24.7. The summed E-state index contributed by atoms with van der Waals surface area (Å²) in [6.45, 7) is 13.9. The van der Waals surface area contributed by atoms with E-state index in [-0.39, 0.29) is 11.3 Å². The average molecular weight is 767 g/mol. The maximum absolute atomic E-state index is 9.24.